The summed E-state index contributed by atoms with van der Waals surface area (Å²) >= 11 is 7.29. The Bertz CT molecular complexity index is 851. The Hall–Kier alpha value is -2.44. The third-order valence-electron chi connectivity index (χ3n) is 3.43. The number of hydrogen-bond acceptors (Lipinski definition) is 6. The molecule has 7 heteroatoms. The Balaban J connectivity index is 1.38. The van der Waals surface area contributed by atoms with Gasteiger partial charge in [0.1, 0.15) is 11.5 Å². The summed E-state index contributed by atoms with van der Waals surface area (Å²) in [6, 6.07) is 13.3. The van der Waals surface area contributed by atoms with E-state index in [1.165, 1.54) is 11.3 Å². The highest BCUT2D eigenvalue weighted by molar-refractivity contribution is 7.15. The van der Waals surface area contributed by atoms with Gasteiger partial charge in [-0.25, -0.2) is 4.98 Å². The van der Waals surface area contributed by atoms with E-state index in [9.17, 15) is 0 Å². The van der Waals surface area contributed by atoms with Gasteiger partial charge in [-0.15, -0.1) is 11.3 Å². The van der Waals surface area contributed by atoms with Crippen LogP contribution in [0.3, 0.4) is 0 Å². The number of nitrogens with one attached hydrogen (secondary N) is 1. The molecule has 0 amide bonds. The van der Waals surface area contributed by atoms with Crippen molar-refractivity contribution < 1.29 is 14.2 Å². The molecule has 122 valence electrons. The summed E-state index contributed by atoms with van der Waals surface area (Å²) in [5.74, 6) is 2.90. The molecule has 1 aliphatic rings. The van der Waals surface area contributed by atoms with Gasteiger partial charge in [0.05, 0.1) is 6.54 Å². The van der Waals surface area contributed by atoms with Crippen LogP contribution in [0.5, 0.6) is 23.0 Å². The topological polar surface area (TPSA) is 52.6 Å². The van der Waals surface area contributed by atoms with Crippen LogP contribution in [0.1, 0.15) is 4.88 Å². The summed E-state index contributed by atoms with van der Waals surface area (Å²) in [6.07, 6.45) is 1.77. The minimum Gasteiger partial charge on any atom is -0.457 e. The number of hydrogen-bond donors (Lipinski definition) is 1. The summed E-state index contributed by atoms with van der Waals surface area (Å²) in [6.45, 7) is 0.941. The Labute approximate surface area is 147 Å². The van der Waals surface area contributed by atoms with Gasteiger partial charge in [-0.2, -0.15) is 0 Å². The van der Waals surface area contributed by atoms with E-state index in [1.54, 1.807) is 6.20 Å². The molecule has 24 heavy (non-hydrogen) atoms. The second kappa shape index (κ2) is 6.59. The average Bonchev–Trinajstić information content (AvgIpc) is 3.22. The van der Waals surface area contributed by atoms with Gasteiger partial charge in [0.2, 0.25) is 6.79 Å². The number of fused-ring (bicyclic) bond motifs is 1. The fourth-order valence-electron chi connectivity index (χ4n) is 2.27. The van der Waals surface area contributed by atoms with Crippen LogP contribution in [0.2, 0.25) is 4.47 Å². The molecule has 0 saturated heterocycles. The van der Waals surface area contributed by atoms with Gasteiger partial charge in [0, 0.05) is 22.8 Å². The first-order valence-electron chi connectivity index (χ1n) is 7.28. The second-order valence-corrected chi connectivity index (χ2v) is 6.77. The lowest BCUT2D eigenvalue weighted by Crippen LogP contribution is -1.97. The maximum atomic E-state index is 5.84. The molecule has 0 atom stereocenters. The maximum Gasteiger partial charge on any atom is 0.231 e. The van der Waals surface area contributed by atoms with Crippen molar-refractivity contribution in [1.82, 2.24) is 4.98 Å². The minimum atomic E-state index is 0.254. The van der Waals surface area contributed by atoms with Crippen molar-refractivity contribution in [2.75, 3.05) is 12.1 Å². The Morgan fingerprint density at radius 2 is 1.88 bits per heavy atom. The van der Waals surface area contributed by atoms with Gasteiger partial charge in [-0.1, -0.05) is 11.6 Å². The summed E-state index contributed by atoms with van der Waals surface area (Å²) in [5, 5.41) is 3.32. The van der Waals surface area contributed by atoms with Crippen molar-refractivity contribution in [3.8, 4) is 23.0 Å². The first kappa shape index (κ1) is 15.1. The largest absolute Gasteiger partial charge is 0.457 e. The smallest absolute Gasteiger partial charge is 0.231 e. The lowest BCUT2D eigenvalue weighted by atomic mass is 10.3. The maximum absolute atomic E-state index is 5.84. The lowest BCUT2D eigenvalue weighted by Gasteiger charge is -2.08. The van der Waals surface area contributed by atoms with E-state index >= 15 is 0 Å². The molecule has 1 aromatic heterocycles. The highest BCUT2D eigenvalue weighted by Gasteiger charge is 2.13. The van der Waals surface area contributed by atoms with Crippen molar-refractivity contribution in [1.29, 1.82) is 0 Å². The SMILES string of the molecule is Clc1ncc(CNc2ccc(Oc3ccc4c(c3)OCO4)cc2)s1. The number of halogens is 1. The van der Waals surface area contributed by atoms with Crippen LogP contribution in [0, 0.1) is 0 Å². The van der Waals surface area contributed by atoms with Crippen LogP contribution >= 0.6 is 22.9 Å². The molecule has 0 spiro atoms. The van der Waals surface area contributed by atoms with Gasteiger partial charge in [-0.3, -0.25) is 0 Å². The van der Waals surface area contributed by atoms with Crippen LogP contribution in [-0.2, 0) is 6.54 Å². The van der Waals surface area contributed by atoms with E-state index in [-0.39, 0.29) is 6.79 Å². The molecule has 1 N–H and O–H groups in total. The summed E-state index contributed by atoms with van der Waals surface area (Å²) in [4.78, 5) is 5.10. The number of ether oxygens (including phenoxy) is 3. The molecule has 0 radical (unpaired) electrons. The van der Waals surface area contributed by atoms with E-state index in [0.717, 1.165) is 22.1 Å². The van der Waals surface area contributed by atoms with Crippen molar-refractivity contribution in [3.05, 3.63) is 58.0 Å². The van der Waals surface area contributed by atoms with E-state index < -0.39 is 0 Å². The zero-order valence-corrected chi connectivity index (χ0v) is 14.1. The predicted molar refractivity (Wildman–Crippen MR) is 93.5 cm³/mol. The molecule has 0 fully saturated rings. The van der Waals surface area contributed by atoms with Crippen molar-refractivity contribution in [3.63, 3.8) is 0 Å². The fraction of sp³-hybridized carbons (Fsp3) is 0.118. The number of benzene rings is 2. The number of aromatic nitrogens is 1. The number of nitrogens with zero attached hydrogens (tertiary/aromatic N) is 1. The molecule has 0 bridgehead atoms. The number of rotatable bonds is 5. The molecule has 3 aromatic rings. The average molecular weight is 361 g/mol. The monoisotopic (exact) mass is 360 g/mol. The van der Waals surface area contributed by atoms with Crippen LogP contribution < -0.4 is 19.5 Å². The van der Waals surface area contributed by atoms with Crippen molar-refractivity contribution in [2.24, 2.45) is 0 Å². The quantitative estimate of drug-likeness (QED) is 0.699. The van der Waals surface area contributed by atoms with Gasteiger partial charge in [0.25, 0.3) is 0 Å². The second-order valence-electron chi connectivity index (χ2n) is 5.07. The Kier molecular flexibility index (Phi) is 4.15. The van der Waals surface area contributed by atoms with Crippen molar-refractivity contribution >= 4 is 28.6 Å². The molecule has 5 nitrogen and oxygen atoms in total. The molecule has 1 aliphatic heterocycles. The zero-order valence-electron chi connectivity index (χ0n) is 12.5. The summed E-state index contributed by atoms with van der Waals surface area (Å²) < 4.78 is 17.0. The van der Waals surface area contributed by atoms with E-state index in [4.69, 9.17) is 25.8 Å². The molecule has 0 aliphatic carbocycles. The number of anilines is 1. The Morgan fingerprint density at radius 3 is 2.67 bits per heavy atom. The third kappa shape index (κ3) is 3.39. The first-order chi connectivity index (χ1) is 11.8. The van der Waals surface area contributed by atoms with E-state index in [1.807, 2.05) is 42.5 Å². The summed E-state index contributed by atoms with van der Waals surface area (Å²) in [5.41, 5.74) is 0.998. The van der Waals surface area contributed by atoms with E-state index in [2.05, 4.69) is 10.3 Å². The molecule has 0 unspecified atom stereocenters. The third-order valence-corrected chi connectivity index (χ3v) is 4.54. The molecule has 2 heterocycles. The highest BCUT2D eigenvalue weighted by Crippen LogP contribution is 2.36. The standard InChI is InChI=1S/C17H13ClN2O3S/c18-17-20-9-14(24-17)8-19-11-1-3-12(4-2-11)23-13-5-6-15-16(7-13)22-10-21-15/h1-7,9,19H,8,10H2. The lowest BCUT2D eigenvalue weighted by molar-refractivity contribution is 0.174. The Morgan fingerprint density at radius 1 is 1.08 bits per heavy atom. The predicted octanol–water partition coefficient (Wildman–Crippen LogP) is 4.93. The van der Waals surface area contributed by atoms with Crippen LogP contribution in [-0.4, -0.2) is 11.8 Å². The van der Waals surface area contributed by atoms with Gasteiger partial charge in [0.15, 0.2) is 16.0 Å². The van der Waals surface area contributed by atoms with Gasteiger partial charge < -0.3 is 19.5 Å². The van der Waals surface area contributed by atoms with E-state index in [0.29, 0.717) is 22.5 Å². The molecular weight excluding hydrogens is 348 g/mol. The van der Waals surface area contributed by atoms with Gasteiger partial charge in [-0.05, 0) is 36.4 Å². The zero-order chi connectivity index (χ0) is 16.4. The first-order valence-corrected chi connectivity index (χ1v) is 8.47. The van der Waals surface area contributed by atoms with Crippen molar-refractivity contribution in [2.45, 2.75) is 6.54 Å². The fourth-order valence-corrected chi connectivity index (χ4v) is 3.19. The molecular formula is C17H13ClN2O3S. The highest BCUT2D eigenvalue weighted by atomic mass is 35.5. The molecule has 2 aromatic carbocycles. The van der Waals surface area contributed by atoms with Crippen LogP contribution in [0.25, 0.3) is 0 Å². The normalized spacial score (nSPS) is 12.2. The number of thiazole rings is 1. The van der Waals surface area contributed by atoms with Crippen LogP contribution in [0.4, 0.5) is 5.69 Å². The minimum absolute atomic E-state index is 0.254. The molecule has 0 saturated carbocycles. The molecule has 4 rings (SSSR count). The summed E-state index contributed by atoms with van der Waals surface area (Å²) in [7, 11) is 0. The van der Waals surface area contributed by atoms with Gasteiger partial charge >= 0.3 is 0 Å². The van der Waals surface area contributed by atoms with Crippen LogP contribution in [0.15, 0.2) is 48.7 Å².